The van der Waals surface area contributed by atoms with E-state index in [0.29, 0.717) is 18.6 Å². The molecule has 0 spiro atoms. The summed E-state index contributed by atoms with van der Waals surface area (Å²) in [5.74, 6) is 4.93. The molecule has 5 nitrogen and oxygen atoms in total. The number of nitrogens with one attached hydrogen (secondary N) is 1. The average molecular weight is 304 g/mol. The largest absolute Gasteiger partial charge is 0.491 e. The van der Waals surface area contributed by atoms with Gasteiger partial charge in [0.25, 0.3) is 5.91 Å². The van der Waals surface area contributed by atoms with Crippen molar-refractivity contribution in [3.63, 3.8) is 0 Å². The van der Waals surface area contributed by atoms with Gasteiger partial charge in [-0.2, -0.15) is 13.2 Å². The summed E-state index contributed by atoms with van der Waals surface area (Å²) in [6.45, 7) is 0.166. The van der Waals surface area contributed by atoms with Gasteiger partial charge < -0.3 is 9.47 Å². The van der Waals surface area contributed by atoms with Crippen LogP contribution in [0.15, 0.2) is 24.3 Å². The third kappa shape index (κ3) is 4.08. The van der Waals surface area contributed by atoms with Crippen LogP contribution in [-0.4, -0.2) is 24.7 Å². The second-order valence-electron chi connectivity index (χ2n) is 4.67. The Labute approximate surface area is 119 Å². The highest BCUT2D eigenvalue weighted by Gasteiger charge is 2.31. The van der Waals surface area contributed by atoms with Crippen molar-refractivity contribution in [2.24, 2.45) is 5.84 Å². The predicted octanol–water partition coefficient (Wildman–Crippen LogP) is 1.62. The molecular formula is C13H15F3N2O3. The lowest BCUT2D eigenvalue weighted by atomic mass is 10.2. The average Bonchev–Trinajstić information content (AvgIpc) is 2.92. The van der Waals surface area contributed by atoms with Crippen LogP contribution in [0.4, 0.5) is 13.2 Å². The molecule has 0 radical (unpaired) electrons. The number of hydrogen-bond acceptors (Lipinski definition) is 4. The number of benzene rings is 1. The van der Waals surface area contributed by atoms with E-state index in [1.54, 1.807) is 0 Å². The highest BCUT2D eigenvalue weighted by molar-refractivity contribution is 5.80. The second kappa shape index (κ2) is 6.31. The zero-order valence-corrected chi connectivity index (χ0v) is 11.0. The number of carbonyl (C=O) groups excluding carboxylic acids is 1. The molecule has 1 aliphatic heterocycles. The number of alkyl halides is 3. The minimum absolute atomic E-state index is 0.166. The Morgan fingerprint density at radius 1 is 1.33 bits per heavy atom. The first-order valence-corrected chi connectivity index (χ1v) is 6.36. The fourth-order valence-corrected chi connectivity index (χ4v) is 2.04. The molecule has 1 fully saturated rings. The van der Waals surface area contributed by atoms with Crippen LogP contribution < -0.4 is 16.0 Å². The lowest BCUT2D eigenvalue weighted by molar-refractivity contribution is -0.137. The summed E-state index contributed by atoms with van der Waals surface area (Å²) in [5.41, 5.74) is 1.28. The predicted molar refractivity (Wildman–Crippen MR) is 67.2 cm³/mol. The Hall–Kier alpha value is -1.80. The monoisotopic (exact) mass is 304 g/mol. The van der Waals surface area contributed by atoms with E-state index in [2.05, 4.69) is 0 Å². The standard InChI is InChI=1S/C13H15F3N2O3/c14-13(15,16)8-1-3-9(4-2-8)20-7-10-5-6-11(21-10)12(19)18-17/h1-4,10-11H,5-7,17H2,(H,18,19). The molecule has 0 aromatic heterocycles. The van der Waals surface area contributed by atoms with Gasteiger partial charge in [0.1, 0.15) is 18.5 Å². The smallest absolute Gasteiger partial charge is 0.416 e. The number of amides is 1. The summed E-state index contributed by atoms with van der Waals surface area (Å²) >= 11 is 0. The zero-order valence-electron chi connectivity index (χ0n) is 11.0. The number of ether oxygens (including phenoxy) is 2. The van der Waals surface area contributed by atoms with E-state index >= 15 is 0 Å². The summed E-state index contributed by atoms with van der Waals surface area (Å²) in [6.07, 6.45) is -4.09. The molecule has 1 aromatic rings. The maximum Gasteiger partial charge on any atom is 0.416 e. The number of nitrogens with two attached hydrogens (primary N) is 1. The Morgan fingerprint density at radius 2 is 2.00 bits per heavy atom. The molecule has 3 N–H and O–H groups in total. The van der Waals surface area contributed by atoms with Gasteiger partial charge in [-0.25, -0.2) is 5.84 Å². The van der Waals surface area contributed by atoms with Crippen LogP contribution in [0.2, 0.25) is 0 Å². The molecule has 21 heavy (non-hydrogen) atoms. The van der Waals surface area contributed by atoms with Crippen LogP contribution in [0.5, 0.6) is 5.75 Å². The molecule has 1 heterocycles. The van der Waals surface area contributed by atoms with E-state index in [-0.39, 0.29) is 12.7 Å². The Bertz CT molecular complexity index is 490. The first-order valence-electron chi connectivity index (χ1n) is 6.36. The Balaban J connectivity index is 1.83. The van der Waals surface area contributed by atoms with E-state index in [0.717, 1.165) is 12.1 Å². The SMILES string of the molecule is NNC(=O)C1CCC(COc2ccc(C(F)(F)F)cc2)O1. The summed E-state index contributed by atoms with van der Waals surface area (Å²) < 4.78 is 48.0. The first-order chi connectivity index (χ1) is 9.90. The summed E-state index contributed by atoms with van der Waals surface area (Å²) in [4.78, 5) is 11.3. The molecule has 0 aliphatic carbocycles. The highest BCUT2D eigenvalue weighted by Crippen LogP contribution is 2.30. The van der Waals surface area contributed by atoms with Crippen LogP contribution >= 0.6 is 0 Å². The summed E-state index contributed by atoms with van der Waals surface area (Å²) in [6, 6.07) is 4.41. The maximum absolute atomic E-state index is 12.4. The minimum Gasteiger partial charge on any atom is -0.491 e. The molecule has 2 atom stereocenters. The molecule has 1 aromatic carbocycles. The van der Waals surface area contributed by atoms with Crippen LogP contribution in [0.25, 0.3) is 0 Å². The van der Waals surface area contributed by atoms with Gasteiger partial charge in [-0.1, -0.05) is 0 Å². The summed E-state index contributed by atoms with van der Waals surface area (Å²) in [7, 11) is 0. The van der Waals surface area contributed by atoms with Crippen LogP contribution in [0, 0.1) is 0 Å². The number of carbonyl (C=O) groups is 1. The normalized spacial score (nSPS) is 22.1. The molecular weight excluding hydrogens is 289 g/mol. The van der Waals surface area contributed by atoms with Gasteiger partial charge in [-0.15, -0.1) is 0 Å². The van der Waals surface area contributed by atoms with Crippen molar-refractivity contribution in [1.29, 1.82) is 0 Å². The molecule has 2 unspecified atom stereocenters. The quantitative estimate of drug-likeness (QED) is 0.504. The van der Waals surface area contributed by atoms with Crippen LogP contribution in [0.1, 0.15) is 18.4 Å². The molecule has 2 rings (SSSR count). The lowest BCUT2D eigenvalue weighted by Crippen LogP contribution is -2.39. The van der Waals surface area contributed by atoms with Crippen molar-refractivity contribution in [2.75, 3.05) is 6.61 Å². The van der Waals surface area contributed by atoms with Gasteiger partial charge in [-0.05, 0) is 37.1 Å². The molecule has 1 saturated heterocycles. The van der Waals surface area contributed by atoms with Crippen molar-refractivity contribution < 1.29 is 27.4 Å². The molecule has 1 aliphatic rings. The Morgan fingerprint density at radius 3 is 2.57 bits per heavy atom. The minimum atomic E-state index is -4.37. The highest BCUT2D eigenvalue weighted by atomic mass is 19.4. The van der Waals surface area contributed by atoms with Gasteiger partial charge in [-0.3, -0.25) is 10.2 Å². The van der Waals surface area contributed by atoms with E-state index in [1.807, 2.05) is 5.43 Å². The van der Waals surface area contributed by atoms with Gasteiger partial charge in [0.2, 0.25) is 0 Å². The van der Waals surface area contributed by atoms with Gasteiger partial charge in [0, 0.05) is 0 Å². The van der Waals surface area contributed by atoms with E-state index in [9.17, 15) is 18.0 Å². The Kier molecular flexibility index (Phi) is 4.69. The van der Waals surface area contributed by atoms with Gasteiger partial charge >= 0.3 is 6.18 Å². The van der Waals surface area contributed by atoms with Crippen molar-refractivity contribution in [1.82, 2.24) is 5.43 Å². The number of hydrogen-bond donors (Lipinski definition) is 2. The molecule has 0 saturated carbocycles. The number of halogens is 3. The van der Waals surface area contributed by atoms with Gasteiger partial charge in [0.15, 0.2) is 0 Å². The molecule has 116 valence electrons. The topological polar surface area (TPSA) is 73.6 Å². The number of rotatable bonds is 4. The van der Waals surface area contributed by atoms with Crippen molar-refractivity contribution >= 4 is 5.91 Å². The first kappa shape index (κ1) is 15.6. The fraction of sp³-hybridized carbons (Fsp3) is 0.462. The van der Waals surface area contributed by atoms with E-state index < -0.39 is 23.8 Å². The zero-order chi connectivity index (χ0) is 15.5. The second-order valence-corrected chi connectivity index (χ2v) is 4.67. The van der Waals surface area contributed by atoms with E-state index in [4.69, 9.17) is 15.3 Å². The van der Waals surface area contributed by atoms with Crippen molar-refractivity contribution in [3.8, 4) is 5.75 Å². The van der Waals surface area contributed by atoms with Crippen LogP contribution in [-0.2, 0) is 15.7 Å². The third-order valence-electron chi connectivity index (χ3n) is 3.16. The number of hydrazine groups is 1. The van der Waals surface area contributed by atoms with E-state index in [1.165, 1.54) is 12.1 Å². The molecule has 8 heteroatoms. The molecule has 0 bridgehead atoms. The van der Waals surface area contributed by atoms with Crippen LogP contribution in [0.3, 0.4) is 0 Å². The summed E-state index contributed by atoms with van der Waals surface area (Å²) in [5, 5.41) is 0. The van der Waals surface area contributed by atoms with Crippen molar-refractivity contribution in [3.05, 3.63) is 29.8 Å². The fourth-order valence-electron chi connectivity index (χ4n) is 2.04. The third-order valence-corrected chi connectivity index (χ3v) is 3.16. The van der Waals surface area contributed by atoms with Crippen molar-refractivity contribution in [2.45, 2.75) is 31.2 Å². The molecule has 1 amide bonds. The lowest BCUT2D eigenvalue weighted by Gasteiger charge is -2.14. The van der Waals surface area contributed by atoms with Gasteiger partial charge in [0.05, 0.1) is 11.7 Å². The maximum atomic E-state index is 12.4.